The first-order valence-electron chi connectivity index (χ1n) is 8.70. The van der Waals surface area contributed by atoms with Gasteiger partial charge in [0, 0.05) is 15.7 Å². The third kappa shape index (κ3) is 2.33. The number of hydrogen-bond acceptors (Lipinski definition) is 5. The van der Waals surface area contributed by atoms with Crippen LogP contribution in [0.4, 0.5) is 5.82 Å². The van der Waals surface area contributed by atoms with E-state index in [1.807, 2.05) is 13.8 Å². The third-order valence-corrected chi connectivity index (χ3v) is 4.71. The maximum Gasteiger partial charge on any atom is 0.254 e. The Labute approximate surface area is 151 Å². The summed E-state index contributed by atoms with van der Waals surface area (Å²) in [6, 6.07) is 0. The number of aromatic nitrogens is 3. The Morgan fingerprint density at radius 2 is 2.21 bits per heavy atom. The van der Waals surface area contributed by atoms with Gasteiger partial charge in [-0.15, -0.1) is 0 Å². The van der Waals surface area contributed by atoms with E-state index in [9.17, 15) is 9.90 Å². The number of fused-ring (bicyclic) bond motifs is 1. The summed E-state index contributed by atoms with van der Waals surface area (Å²) in [6.45, 7) is 1.10. The highest BCUT2D eigenvalue weighted by Gasteiger charge is 2.30. The van der Waals surface area contributed by atoms with Gasteiger partial charge in [0.1, 0.15) is 21.5 Å². The van der Waals surface area contributed by atoms with Crippen LogP contribution >= 0.6 is 15.9 Å². The fourth-order valence-corrected chi connectivity index (χ4v) is 3.22. The summed E-state index contributed by atoms with van der Waals surface area (Å²) in [5, 5.41) is 10.2. The van der Waals surface area contributed by atoms with E-state index >= 15 is 0 Å². The molecule has 1 aliphatic rings. The Balaban J connectivity index is 2.45. The maximum absolute atomic E-state index is 12.0. The summed E-state index contributed by atoms with van der Waals surface area (Å²) >= 11 is 3.14. The van der Waals surface area contributed by atoms with Crippen molar-refractivity contribution in [1.82, 2.24) is 14.5 Å². The second-order valence-electron chi connectivity index (χ2n) is 5.70. The Kier molecular flexibility index (Phi) is 3.13. The number of carbonyl (C=O) groups excluding carboxylic acids is 1. The molecule has 0 radical (unpaired) electrons. The van der Waals surface area contributed by atoms with E-state index in [4.69, 9.17) is 15.6 Å². The molecule has 2 heterocycles. The predicted molar refractivity (Wildman–Crippen MR) is 96.1 cm³/mol. The van der Waals surface area contributed by atoms with Crippen LogP contribution in [0.3, 0.4) is 0 Å². The van der Waals surface area contributed by atoms with Gasteiger partial charge in [-0.3, -0.25) is 9.36 Å². The Bertz CT molecular complexity index is 1030. The number of hydrogen-bond donors (Lipinski definition) is 3. The highest BCUT2D eigenvalue weighted by Crippen LogP contribution is 2.37. The minimum absolute atomic E-state index is 0.00390. The molecule has 1 amide bonds. The maximum atomic E-state index is 12.0. The van der Waals surface area contributed by atoms with Crippen molar-refractivity contribution in [1.29, 1.82) is 0 Å². The Hall–Kier alpha value is -2.19. The van der Waals surface area contributed by atoms with E-state index in [2.05, 4.69) is 25.9 Å². The van der Waals surface area contributed by atoms with Crippen LogP contribution in [0, 0.1) is 12.8 Å². The summed E-state index contributed by atoms with van der Waals surface area (Å²) in [5.41, 5.74) is 12.9. The largest absolute Gasteiger partial charge is 0.388 e. The number of nitrogens with two attached hydrogens (primary N) is 2. The number of rotatable bonds is 2. The van der Waals surface area contributed by atoms with Crippen LogP contribution in [0.2, 0.25) is 0 Å². The van der Waals surface area contributed by atoms with Crippen LogP contribution < -0.4 is 11.5 Å². The summed E-state index contributed by atoms with van der Waals surface area (Å²) in [6.07, 6.45) is 2.65. The molecule has 0 aromatic carbocycles. The third-order valence-electron chi connectivity index (χ3n) is 4.16. The highest BCUT2D eigenvalue weighted by atomic mass is 79.9. The predicted octanol–water partition coefficient (Wildman–Crippen LogP) is 1.98. The van der Waals surface area contributed by atoms with E-state index in [0.717, 1.165) is 5.57 Å². The molecule has 2 atom stereocenters. The molecule has 0 unspecified atom stereocenters. The average Bonchev–Trinajstić information content (AvgIpc) is 2.82. The number of aliphatic hydroxyl groups is 1. The zero-order chi connectivity index (χ0) is 20.3. The number of halogens is 1. The van der Waals surface area contributed by atoms with Gasteiger partial charge in [-0.25, -0.2) is 9.97 Å². The van der Waals surface area contributed by atoms with Crippen LogP contribution in [0.15, 0.2) is 22.3 Å². The van der Waals surface area contributed by atoms with Crippen LogP contribution in [0.5, 0.6) is 0 Å². The molecule has 2 aromatic heterocycles. The minimum Gasteiger partial charge on any atom is -0.388 e. The normalized spacial score (nSPS) is 23.2. The first kappa shape index (κ1) is 13.1. The lowest BCUT2D eigenvalue weighted by Crippen LogP contribution is -2.24. The highest BCUT2D eigenvalue weighted by molar-refractivity contribution is 9.10. The molecular formula is C16H18BrN5O2. The molecule has 5 N–H and O–H groups in total. The van der Waals surface area contributed by atoms with E-state index in [-0.39, 0.29) is 38.8 Å². The van der Waals surface area contributed by atoms with Gasteiger partial charge in [-0.05, 0) is 35.3 Å². The van der Waals surface area contributed by atoms with Gasteiger partial charge in [0.2, 0.25) is 0 Å². The quantitative estimate of drug-likeness (QED) is 0.718. The topological polar surface area (TPSA) is 120 Å². The van der Waals surface area contributed by atoms with Crippen molar-refractivity contribution in [3.05, 3.63) is 33.6 Å². The van der Waals surface area contributed by atoms with Crippen molar-refractivity contribution in [2.45, 2.75) is 26.8 Å². The smallest absolute Gasteiger partial charge is 0.254 e. The second kappa shape index (κ2) is 5.71. The van der Waals surface area contributed by atoms with Gasteiger partial charge in [0.25, 0.3) is 5.91 Å². The molecule has 0 spiro atoms. The zero-order valence-electron chi connectivity index (χ0n) is 16.0. The molecule has 24 heavy (non-hydrogen) atoms. The van der Waals surface area contributed by atoms with Gasteiger partial charge >= 0.3 is 0 Å². The molecule has 0 bridgehead atoms. The van der Waals surface area contributed by atoms with E-state index in [1.165, 1.54) is 4.57 Å². The fourth-order valence-electron chi connectivity index (χ4n) is 2.96. The molecule has 1 aliphatic carbocycles. The number of aryl methyl sites for hydroxylation is 1. The zero-order valence-corrected chi connectivity index (χ0v) is 14.6. The fraction of sp³-hybridized carbons (Fsp3) is 0.312. The van der Waals surface area contributed by atoms with Crippen molar-refractivity contribution < 1.29 is 14.0 Å². The Morgan fingerprint density at radius 3 is 2.83 bits per heavy atom. The van der Waals surface area contributed by atoms with Crippen molar-refractivity contribution in [3.8, 4) is 0 Å². The average molecular weight is 395 g/mol. The van der Waals surface area contributed by atoms with Crippen LogP contribution in [-0.2, 0) is 0 Å². The van der Waals surface area contributed by atoms with E-state index in [0.29, 0.717) is 5.70 Å². The van der Waals surface area contributed by atoms with E-state index < -0.39 is 18.9 Å². The van der Waals surface area contributed by atoms with Gasteiger partial charge in [0.05, 0.1) is 11.8 Å². The molecule has 8 heteroatoms. The number of anilines is 1. The SMILES string of the molecule is [2H]C([2H])([2H])c1nc2c(C(N)=O)c(N)n(C3=C(C)C=C[C@@H](O)[C@H]3C)c2nc1Br. The number of nitrogen functional groups attached to an aromatic ring is 1. The summed E-state index contributed by atoms with van der Waals surface area (Å²) in [5.74, 6) is -1.20. The number of primary amides is 1. The molecule has 0 saturated heterocycles. The molecule has 7 nitrogen and oxygen atoms in total. The standard InChI is InChI=1S/C16H18BrN5O2/c1-6-4-5-9(23)7(2)12(6)22-14(18)10(15(19)24)11-16(22)21-13(17)8(3)20-11/h4-5,7,9,23H,18H2,1-3H3,(H2,19,24)/t7-,9-/m1/s1/i3D3. The van der Waals surface area contributed by atoms with Crippen molar-refractivity contribution in [3.63, 3.8) is 0 Å². The summed E-state index contributed by atoms with van der Waals surface area (Å²) in [4.78, 5) is 20.5. The minimum atomic E-state index is -2.54. The number of amides is 1. The molecule has 3 rings (SSSR count). The molecular weight excluding hydrogens is 374 g/mol. The van der Waals surface area contributed by atoms with E-state index in [1.54, 1.807) is 12.2 Å². The van der Waals surface area contributed by atoms with Crippen molar-refractivity contribution in [2.75, 3.05) is 5.73 Å². The van der Waals surface area contributed by atoms with Gasteiger partial charge in [-0.1, -0.05) is 19.1 Å². The molecule has 2 aromatic rings. The second-order valence-corrected chi connectivity index (χ2v) is 6.45. The summed E-state index contributed by atoms with van der Waals surface area (Å²) < 4.78 is 24.3. The number of nitrogens with zero attached hydrogens (tertiary/aromatic N) is 3. The molecule has 0 saturated carbocycles. The lowest BCUT2D eigenvalue weighted by molar-refractivity contribution is 0.100. The lowest BCUT2D eigenvalue weighted by atomic mass is 9.91. The van der Waals surface area contributed by atoms with Crippen LogP contribution in [0.1, 0.15) is 34.0 Å². The summed E-state index contributed by atoms with van der Waals surface area (Å²) in [7, 11) is 0. The first-order chi connectivity index (χ1) is 12.4. The molecule has 0 aliphatic heterocycles. The monoisotopic (exact) mass is 394 g/mol. The van der Waals surface area contributed by atoms with Crippen molar-refractivity contribution >= 4 is 44.5 Å². The van der Waals surface area contributed by atoms with Crippen LogP contribution in [-0.4, -0.2) is 31.7 Å². The lowest BCUT2D eigenvalue weighted by Gasteiger charge is -2.27. The van der Waals surface area contributed by atoms with Crippen molar-refractivity contribution in [2.24, 2.45) is 11.7 Å². The number of aliphatic hydroxyl groups excluding tert-OH is 1. The van der Waals surface area contributed by atoms with Gasteiger partial charge < -0.3 is 16.6 Å². The number of allylic oxidation sites excluding steroid dienone is 2. The van der Waals surface area contributed by atoms with Gasteiger partial charge in [-0.2, -0.15) is 0 Å². The molecule has 126 valence electrons. The Morgan fingerprint density at radius 1 is 1.50 bits per heavy atom. The first-order valence-corrected chi connectivity index (χ1v) is 7.99. The van der Waals surface area contributed by atoms with Crippen LogP contribution in [0.25, 0.3) is 16.9 Å². The number of carbonyl (C=O) groups is 1. The molecule has 0 fully saturated rings. The van der Waals surface area contributed by atoms with Gasteiger partial charge in [0.15, 0.2) is 5.65 Å².